The average molecular weight is 410 g/mol. The number of benzene rings is 1. The van der Waals surface area contributed by atoms with Gasteiger partial charge in [0.25, 0.3) is 0 Å². The Hall–Kier alpha value is -1.40. The quantitative estimate of drug-likeness (QED) is 0.508. The van der Waals surface area contributed by atoms with E-state index < -0.39 is 0 Å². The van der Waals surface area contributed by atoms with Gasteiger partial charge in [-0.3, -0.25) is 0 Å². The molecule has 138 valence electrons. The molecule has 0 saturated carbocycles. The molecular formula is C19H21Cl2N3OS. The standard InChI is InChI=1S/C19H21Cl2N3OS/c1-19(2,3)14-6-4-13(5-7-14)11-25-15(10-24-9-8-22-12-24)17-16(20)18(21)23-26-17/h4-9,12,15H,10-11H2,1-3H3. The van der Waals surface area contributed by atoms with Gasteiger partial charge in [0, 0.05) is 12.4 Å². The second-order valence-electron chi connectivity index (χ2n) is 7.16. The topological polar surface area (TPSA) is 39.9 Å². The largest absolute Gasteiger partial charge is 0.366 e. The second kappa shape index (κ2) is 8.09. The molecule has 1 unspecified atom stereocenters. The maximum atomic E-state index is 6.31. The highest BCUT2D eigenvalue weighted by molar-refractivity contribution is 7.07. The fourth-order valence-electron chi connectivity index (χ4n) is 2.57. The van der Waals surface area contributed by atoms with E-state index in [4.69, 9.17) is 27.9 Å². The van der Waals surface area contributed by atoms with Gasteiger partial charge in [0.15, 0.2) is 5.15 Å². The second-order valence-corrected chi connectivity index (χ2v) is 8.70. The molecule has 0 radical (unpaired) electrons. The Bertz CT molecular complexity index is 839. The van der Waals surface area contributed by atoms with Gasteiger partial charge >= 0.3 is 0 Å². The molecule has 0 saturated heterocycles. The summed E-state index contributed by atoms with van der Waals surface area (Å²) in [7, 11) is 0. The number of hydrogen-bond donors (Lipinski definition) is 0. The highest BCUT2D eigenvalue weighted by Gasteiger charge is 2.22. The summed E-state index contributed by atoms with van der Waals surface area (Å²) in [5.74, 6) is 0. The van der Waals surface area contributed by atoms with Crippen molar-refractivity contribution in [1.82, 2.24) is 13.9 Å². The van der Waals surface area contributed by atoms with Crippen LogP contribution in [0.25, 0.3) is 0 Å². The molecule has 7 heteroatoms. The summed E-state index contributed by atoms with van der Waals surface area (Å²) < 4.78 is 12.3. The zero-order valence-corrected chi connectivity index (χ0v) is 17.3. The molecule has 1 aromatic carbocycles. The van der Waals surface area contributed by atoms with Crippen LogP contribution in [-0.4, -0.2) is 13.9 Å². The number of hydrogen-bond acceptors (Lipinski definition) is 4. The van der Waals surface area contributed by atoms with E-state index in [9.17, 15) is 0 Å². The molecule has 3 aromatic rings. The van der Waals surface area contributed by atoms with E-state index in [0.717, 1.165) is 10.4 Å². The third-order valence-corrected chi connectivity index (χ3v) is 6.02. The molecule has 0 aliphatic heterocycles. The van der Waals surface area contributed by atoms with Crippen molar-refractivity contribution in [1.29, 1.82) is 0 Å². The molecule has 0 spiro atoms. The monoisotopic (exact) mass is 409 g/mol. The summed E-state index contributed by atoms with van der Waals surface area (Å²) in [6.07, 6.45) is 5.14. The predicted octanol–water partition coefficient (Wildman–Crippen LogP) is 5.90. The zero-order valence-electron chi connectivity index (χ0n) is 14.9. The predicted molar refractivity (Wildman–Crippen MR) is 107 cm³/mol. The van der Waals surface area contributed by atoms with Crippen LogP contribution in [0.4, 0.5) is 0 Å². The van der Waals surface area contributed by atoms with Crippen molar-refractivity contribution in [2.75, 3.05) is 0 Å². The number of halogens is 2. The number of imidazole rings is 1. The first-order valence-corrected chi connectivity index (χ1v) is 9.85. The lowest BCUT2D eigenvalue weighted by Gasteiger charge is -2.20. The fraction of sp³-hybridized carbons (Fsp3) is 0.368. The van der Waals surface area contributed by atoms with Crippen molar-refractivity contribution in [2.45, 2.75) is 45.4 Å². The molecule has 3 rings (SSSR count). The molecule has 2 heterocycles. The molecule has 0 bridgehead atoms. The van der Waals surface area contributed by atoms with Gasteiger partial charge in [-0.25, -0.2) is 4.98 Å². The SMILES string of the molecule is CC(C)(C)c1ccc(COC(Cn2ccnc2)c2snc(Cl)c2Cl)cc1. The molecule has 0 fully saturated rings. The molecule has 0 N–H and O–H groups in total. The van der Waals surface area contributed by atoms with Gasteiger partial charge in [0.2, 0.25) is 0 Å². The van der Waals surface area contributed by atoms with Gasteiger partial charge in [-0.2, -0.15) is 4.37 Å². The van der Waals surface area contributed by atoms with E-state index in [1.807, 2.05) is 10.8 Å². The Balaban J connectivity index is 1.74. The first-order valence-electron chi connectivity index (χ1n) is 8.32. The van der Waals surface area contributed by atoms with Crippen molar-refractivity contribution in [3.05, 3.63) is 69.2 Å². The highest BCUT2D eigenvalue weighted by atomic mass is 35.5. The lowest BCUT2D eigenvalue weighted by Crippen LogP contribution is -2.12. The maximum Gasteiger partial charge on any atom is 0.161 e. The van der Waals surface area contributed by atoms with E-state index in [-0.39, 0.29) is 11.5 Å². The van der Waals surface area contributed by atoms with Crippen molar-refractivity contribution < 1.29 is 4.74 Å². The molecule has 0 aliphatic carbocycles. The normalized spacial score (nSPS) is 13.1. The molecule has 2 aromatic heterocycles. The molecular weight excluding hydrogens is 389 g/mol. The third kappa shape index (κ3) is 4.65. The Morgan fingerprint density at radius 1 is 1.19 bits per heavy atom. The number of nitrogens with zero attached hydrogens (tertiary/aromatic N) is 3. The lowest BCUT2D eigenvalue weighted by atomic mass is 9.87. The van der Waals surface area contributed by atoms with Crippen LogP contribution in [0.5, 0.6) is 0 Å². The van der Waals surface area contributed by atoms with Crippen LogP contribution in [-0.2, 0) is 23.3 Å². The summed E-state index contributed by atoms with van der Waals surface area (Å²) in [6.45, 7) is 7.69. The third-order valence-electron chi connectivity index (χ3n) is 4.12. The maximum absolute atomic E-state index is 6.31. The fourth-order valence-corrected chi connectivity index (χ4v) is 3.85. The van der Waals surface area contributed by atoms with Crippen LogP contribution in [0.3, 0.4) is 0 Å². The average Bonchev–Trinajstić information content (AvgIpc) is 3.22. The Kier molecular flexibility index (Phi) is 6.03. The minimum Gasteiger partial charge on any atom is -0.366 e. The van der Waals surface area contributed by atoms with Crippen LogP contribution < -0.4 is 0 Å². The molecule has 1 atom stereocenters. The first kappa shape index (κ1) is 19.4. The van der Waals surface area contributed by atoms with Crippen LogP contribution in [0.1, 0.15) is 42.9 Å². The van der Waals surface area contributed by atoms with Crippen molar-refractivity contribution in [3.8, 4) is 0 Å². The van der Waals surface area contributed by atoms with E-state index in [1.54, 1.807) is 12.5 Å². The van der Waals surface area contributed by atoms with Gasteiger partial charge in [-0.15, -0.1) is 0 Å². The minimum absolute atomic E-state index is 0.135. The molecule has 0 amide bonds. The number of aromatic nitrogens is 3. The number of ether oxygens (including phenoxy) is 1. The molecule has 4 nitrogen and oxygen atoms in total. The summed E-state index contributed by atoms with van der Waals surface area (Å²) >= 11 is 13.6. The summed E-state index contributed by atoms with van der Waals surface area (Å²) in [5.41, 5.74) is 2.55. The minimum atomic E-state index is -0.246. The van der Waals surface area contributed by atoms with Crippen LogP contribution in [0.2, 0.25) is 10.2 Å². The first-order chi connectivity index (χ1) is 12.3. The van der Waals surface area contributed by atoms with Gasteiger partial charge in [-0.05, 0) is 28.1 Å². The van der Waals surface area contributed by atoms with Crippen molar-refractivity contribution >= 4 is 34.7 Å². The van der Waals surface area contributed by atoms with Gasteiger partial charge in [0.1, 0.15) is 6.10 Å². The summed E-state index contributed by atoms with van der Waals surface area (Å²) in [5, 5.41) is 0.783. The van der Waals surface area contributed by atoms with Crippen LogP contribution in [0, 0.1) is 0 Å². The van der Waals surface area contributed by atoms with Crippen LogP contribution >= 0.6 is 34.7 Å². The number of rotatable bonds is 6. The van der Waals surface area contributed by atoms with E-state index in [1.165, 1.54) is 17.1 Å². The van der Waals surface area contributed by atoms with E-state index >= 15 is 0 Å². The Morgan fingerprint density at radius 3 is 2.46 bits per heavy atom. The lowest BCUT2D eigenvalue weighted by molar-refractivity contribution is 0.0303. The van der Waals surface area contributed by atoms with Crippen molar-refractivity contribution in [3.63, 3.8) is 0 Å². The van der Waals surface area contributed by atoms with E-state index in [2.05, 4.69) is 54.4 Å². The van der Waals surface area contributed by atoms with E-state index in [0.29, 0.717) is 23.3 Å². The molecule has 0 aliphatic rings. The Labute approximate surface area is 167 Å². The summed E-state index contributed by atoms with van der Waals surface area (Å²) in [6, 6.07) is 8.52. The Morgan fingerprint density at radius 2 is 1.92 bits per heavy atom. The van der Waals surface area contributed by atoms with Crippen molar-refractivity contribution in [2.24, 2.45) is 0 Å². The smallest absolute Gasteiger partial charge is 0.161 e. The molecule has 26 heavy (non-hydrogen) atoms. The zero-order chi connectivity index (χ0) is 18.7. The van der Waals surface area contributed by atoms with Crippen LogP contribution in [0.15, 0.2) is 43.0 Å². The van der Waals surface area contributed by atoms with Gasteiger partial charge in [0.05, 0.1) is 29.4 Å². The van der Waals surface area contributed by atoms with Gasteiger partial charge in [-0.1, -0.05) is 68.2 Å². The van der Waals surface area contributed by atoms with Gasteiger partial charge < -0.3 is 9.30 Å². The summed E-state index contributed by atoms with van der Waals surface area (Å²) in [4.78, 5) is 4.91. The highest BCUT2D eigenvalue weighted by Crippen LogP contribution is 2.36.